The second kappa shape index (κ2) is 15.6. The monoisotopic (exact) mass is 939 g/mol. The first-order chi connectivity index (χ1) is 34.6. The molecule has 10 aromatic rings. The van der Waals surface area contributed by atoms with Gasteiger partial charge in [0.15, 0.2) is 0 Å². The third kappa shape index (κ3) is 5.92. The molecular formula is C63H49B2F2N3S. The predicted octanol–water partition coefficient (Wildman–Crippen LogP) is 13.5. The Hall–Kier alpha value is -7.28. The van der Waals surface area contributed by atoms with Gasteiger partial charge in [0.1, 0.15) is 17.3 Å². The summed E-state index contributed by atoms with van der Waals surface area (Å²) >= 11 is 1.81. The zero-order valence-corrected chi connectivity index (χ0v) is 41.4. The van der Waals surface area contributed by atoms with Crippen molar-refractivity contribution >= 4 is 114 Å². The molecule has 5 heterocycles. The molecule has 0 unspecified atom stereocenters. The Kier molecular flexibility index (Phi) is 9.36. The van der Waals surface area contributed by atoms with Crippen molar-refractivity contribution < 1.29 is 8.78 Å². The molecule has 0 aliphatic carbocycles. The molecule has 0 fully saturated rings. The first-order valence-corrected chi connectivity index (χ1v) is 25.9. The third-order valence-electron chi connectivity index (χ3n) is 15.9. The highest BCUT2D eigenvalue weighted by atomic mass is 32.2. The molecule has 0 N–H and O–H groups in total. The summed E-state index contributed by atoms with van der Waals surface area (Å²) in [6.45, 7) is 13.2. The maximum atomic E-state index is 17.4. The molecule has 3 nitrogen and oxygen atoms in total. The van der Waals surface area contributed by atoms with E-state index in [1.54, 1.807) is 11.8 Å². The predicted molar refractivity (Wildman–Crippen MR) is 298 cm³/mol. The Morgan fingerprint density at radius 2 is 0.986 bits per heavy atom. The summed E-state index contributed by atoms with van der Waals surface area (Å²) in [4.78, 5) is 6.82. The summed E-state index contributed by atoms with van der Waals surface area (Å²) in [5.41, 5.74) is 21.1. The van der Waals surface area contributed by atoms with Crippen LogP contribution in [0.5, 0.6) is 0 Å². The molecule has 342 valence electrons. The largest absolute Gasteiger partial charge is 0.312 e. The summed E-state index contributed by atoms with van der Waals surface area (Å²) in [6.07, 6.45) is 0. The second-order valence-corrected chi connectivity index (χ2v) is 21.8. The van der Waals surface area contributed by atoms with Crippen LogP contribution in [0.2, 0.25) is 0 Å². The van der Waals surface area contributed by atoms with Gasteiger partial charge in [0.25, 0.3) is 6.71 Å². The summed E-state index contributed by atoms with van der Waals surface area (Å²) < 4.78 is 37.1. The fourth-order valence-electron chi connectivity index (χ4n) is 12.6. The average molecular weight is 940 g/mol. The van der Waals surface area contributed by atoms with E-state index in [1.807, 2.05) is 4.90 Å². The van der Waals surface area contributed by atoms with Gasteiger partial charge in [0, 0.05) is 54.6 Å². The maximum Gasteiger partial charge on any atom is 0.252 e. The number of halogens is 2. The van der Waals surface area contributed by atoms with E-state index in [4.69, 9.17) is 0 Å². The first kappa shape index (κ1) is 42.6. The quantitative estimate of drug-likeness (QED) is 0.154. The topological polar surface area (TPSA) is 11.4 Å². The number of hydrogen-bond acceptors (Lipinski definition) is 3. The summed E-state index contributed by atoms with van der Waals surface area (Å²) in [5, 5.41) is 2.21. The number of rotatable bonds is 6. The van der Waals surface area contributed by atoms with Crippen molar-refractivity contribution in [3.8, 4) is 16.8 Å². The van der Waals surface area contributed by atoms with Gasteiger partial charge in [-0.3, -0.25) is 0 Å². The molecule has 4 aliphatic heterocycles. The Bertz CT molecular complexity index is 3900. The SMILES string of the molecule is CC(C)c1ccc2c(c1)B1c3ccccc3Sc3c1c1c4c(c3-c3cccc5c3c3ccccc3n5-c3ccccc3)N(c3c(F)cccc3F)c3ccc(C(C)C)cc3B4c3cc(C(C)C)ccc3N21. The van der Waals surface area contributed by atoms with Crippen molar-refractivity contribution in [3.63, 3.8) is 0 Å². The van der Waals surface area contributed by atoms with Crippen LogP contribution in [-0.2, 0) is 0 Å². The van der Waals surface area contributed by atoms with E-state index in [9.17, 15) is 0 Å². The number of para-hydroxylation sites is 3. The van der Waals surface area contributed by atoms with E-state index >= 15 is 8.78 Å². The number of nitrogens with zero attached hydrogens (tertiary/aromatic N) is 3. The van der Waals surface area contributed by atoms with Crippen molar-refractivity contribution in [1.29, 1.82) is 0 Å². The molecule has 71 heavy (non-hydrogen) atoms. The Labute approximate surface area is 418 Å². The lowest BCUT2D eigenvalue weighted by atomic mass is 9.29. The van der Waals surface area contributed by atoms with Crippen LogP contribution in [0, 0.1) is 11.6 Å². The van der Waals surface area contributed by atoms with Crippen molar-refractivity contribution in [2.45, 2.75) is 69.1 Å². The molecule has 14 rings (SSSR count). The van der Waals surface area contributed by atoms with Crippen LogP contribution in [0.25, 0.3) is 38.6 Å². The van der Waals surface area contributed by atoms with Gasteiger partial charge in [-0.05, 0) is 128 Å². The molecule has 0 spiro atoms. The van der Waals surface area contributed by atoms with Gasteiger partial charge in [0.2, 0.25) is 6.71 Å². The molecule has 4 aliphatic rings. The van der Waals surface area contributed by atoms with E-state index in [1.165, 1.54) is 61.6 Å². The van der Waals surface area contributed by atoms with Gasteiger partial charge in [-0.25, -0.2) is 8.78 Å². The lowest BCUT2D eigenvalue weighted by Crippen LogP contribution is -2.68. The van der Waals surface area contributed by atoms with E-state index < -0.39 is 11.6 Å². The molecule has 0 saturated heterocycles. The molecular weight excluding hydrogens is 890 g/mol. The van der Waals surface area contributed by atoms with E-state index in [2.05, 4.69) is 203 Å². The zero-order chi connectivity index (χ0) is 48.1. The minimum atomic E-state index is -0.608. The molecule has 0 bridgehead atoms. The van der Waals surface area contributed by atoms with Crippen LogP contribution in [0.3, 0.4) is 0 Å². The highest BCUT2D eigenvalue weighted by Crippen LogP contribution is 2.56. The van der Waals surface area contributed by atoms with Crippen LogP contribution >= 0.6 is 11.8 Å². The lowest BCUT2D eigenvalue weighted by molar-refractivity contribution is 0.586. The number of benzene rings is 9. The maximum absolute atomic E-state index is 17.4. The van der Waals surface area contributed by atoms with Crippen LogP contribution < -0.4 is 42.6 Å². The standard InChI is InChI=1S/C63H49B2F2N3S/c1-35(2)38-26-29-51-45(32-38)64-44-20-11-13-25-55(44)71-63-57(43-19-14-24-54-56(43)42-18-10-12-23-50(42)68(54)41-16-8-7-9-17-41)61-58-62(59(63)64)69(51)52-30-27-39(36(3)4)33-46(52)65(58)47-34-40(37(5)6)28-31-53(47)70(61)60-48(66)21-15-22-49(60)67/h7-37H,1-6H3. The van der Waals surface area contributed by atoms with Crippen LogP contribution in [-0.4, -0.2) is 18.0 Å². The normalized spacial score (nSPS) is 13.8. The zero-order valence-electron chi connectivity index (χ0n) is 40.6. The Morgan fingerprint density at radius 1 is 0.451 bits per heavy atom. The molecule has 0 atom stereocenters. The van der Waals surface area contributed by atoms with E-state index in [-0.39, 0.29) is 30.9 Å². The van der Waals surface area contributed by atoms with Gasteiger partial charge < -0.3 is 14.4 Å². The van der Waals surface area contributed by atoms with Gasteiger partial charge in [-0.15, -0.1) is 0 Å². The number of aromatic nitrogens is 1. The van der Waals surface area contributed by atoms with Crippen molar-refractivity contribution in [3.05, 3.63) is 198 Å². The lowest BCUT2D eigenvalue weighted by Gasteiger charge is -2.50. The fourth-order valence-corrected chi connectivity index (χ4v) is 13.9. The number of hydrogen-bond donors (Lipinski definition) is 0. The molecule has 9 aromatic carbocycles. The minimum absolute atomic E-state index is 0.0724. The molecule has 8 heteroatoms. The molecule has 1 aromatic heterocycles. The van der Waals surface area contributed by atoms with Crippen LogP contribution in [0.15, 0.2) is 180 Å². The Morgan fingerprint density at radius 3 is 1.62 bits per heavy atom. The second-order valence-electron chi connectivity index (χ2n) is 20.8. The third-order valence-corrected chi connectivity index (χ3v) is 17.1. The van der Waals surface area contributed by atoms with Crippen LogP contribution in [0.1, 0.15) is 76.0 Å². The summed E-state index contributed by atoms with van der Waals surface area (Å²) in [5.74, 6) is -0.409. The number of fused-ring (bicyclic) bond motifs is 13. The van der Waals surface area contributed by atoms with Gasteiger partial charge in [-0.2, -0.15) is 0 Å². The van der Waals surface area contributed by atoms with Gasteiger partial charge in [0.05, 0.1) is 16.7 Å². The molecule has 0 amide bonds. The smallest absolute Gasteiger partial charge is 0.252 e. The highest BCUT2D eigenvalue weighted by molar-refractivity contribution is 8.00. The molecule has 0 radical (unpaired) electrons. The van der Waals surface area contributed by atoms with Crippen LogP contribution in [0.4, 0.5) is 42.9 Å². The van der Waals surface area contributed by atoms with E-state index in [0.717, 1.165) is 82.9 Å². The minimum Gasteiger partial charge on any atom is -0.312 e. The fraction of sp³-hybridized carbons (Fsp3) is 0.143. The molecule has 0 saturated carbocycles. The van der Waals surface area contributed by atoms with Crippen molar-refractivity contribution in [1.82, 2.24) is 4.57 Å². The number of anilines is 6. The highest BCUT2D eigenvalue weighted by Gasteiger charge is 2.53. The van der Waals surface area contributed by atoms with Crippen molar-refractivity contribution in [2.75, 3.05) is 9.80 Å². The summed E-state index contributed by atoms with van der Waals surface area (Å²) in [7, 11) is 0. The Balaban J connectivity index is 1.24. The first-order valence-electron chi connectivity index (χ1n) is 25.1. The van der Waals surface area contributed by atoms with Gasteiger partial charge >= 0.3 is 0 Å². The van der Waals surface area contributed by atoms with Crippen molar-refractivity contribution in [2.24, 2.45) is 0 Å². The van der Waals surface area contributed by atoms with E-state index in [0.29, 0.717) is 5.92 Å². The average Bonchev–Trinajstić information content (AvgIpc) is 3.73. The summed E-state index contributed by atoms with van der Waals surface area (Å²) in [6, 6.07) is 60.1. The van der Waals surface area contributed by atoms with Gasteiger partial charge in [-0.1, -0.05) is 168 Å².